The number of carboxylic acid groups (broad SMARTS) is 1. The Bertz CT molecular complexity index is 1640. The van der Waals surface area contributed by atoms with Crippen LogP contribution in [0.5, 0.6) is 0 Å². The second-order valence-corrected chi connectivity index (χ2v) is 10.7. The van der Waals surface area contributed by atoms with Gasteiger partial charge in [0.15, 0.2) is 0 Å². The number of rotatable bonds is 15. The van der Waals surface area contributed by atoms with E-state index in [0.29, 0.717) is 5.56 Å². The molecule has 3 aromatic carbocycles. The lowest BCUT2D eigenvalue weighted by Gasteiger charge is -2.25. The van der Waals surface area contributed by atoms with Crippen LogP contribution < -0.4 is 27.4 Å². The third-order valence-corrected chi connectivity index (χ3v) is 7.30. The Labute approximate surface area is 259 Å². The number of amides is 4. The van der Waals surface area contributed by atoms with Crippen LogP contribution in [0.4, 0.5) is 0 Å². The zero-order valence-corrected chi connectivity index (χ0v) is 24.4. The lowest BCUT2D eigenvalue weighted by Crippen LogP contribution is -2.58. The van der Waals surface area contributed by atoms with E-state index in [-0.39, 0.29) is 19.3 Å². The maximum Gasteiger partial charge on any atom is 0.326 e. The number of nitrogens with one attached hydrogen (secondary N) is 4. The van der Waals surface area contributed by atoms with Gasteiger partial charge in [0.1, 0.15) is 18.1 Å². The van der Waals surface area contributed by atoms with E-state index in [1.165, 1.54) is 0 Å². The Hall–Kier alpha value is -5.49. The number of hydrogen-bond donors (Lipinski definition) is 7. The lowest BCUT2D eigenvalue weighted by molar-refractivity contribution is -0.143. The van der Waals surface area contributed by atoms with Crippen LogP contribution in [0.2, 0.25) is 0 Å². The van der Waals surface area contributed by atoms with Crippen molar-refractivity contribution >= 4 is 40.5 Å². The van der Waals surface area contributed by atoms with Gasteiger partial charge in [-0.05, 0) is 29.2 Å². The molecule has 9 N–H and O–H groups in total. The number of nitrogens with two attached hydrogens (primary N) is 2. The summed E-state index contributed by atoms with van der Waals surface area (Å²) in [4.78, 5) is 66.8. The predicted molar refractivity (Wildman–Crippen MR) is 168 cm³/mol. The van der Waals surface area contributed by atoms with Crippen molar-refractivity contribution in [2.45, 2.75) is 49.9 Å². The average molecular weight is 613 g/mol. The molecule has 0 saturated heterocycles. The summed E-state index contributed by atoms with van der Waals surface area (Å²) in [6.07, 6.45) is 1.37. The Morgan fingerprint density at radius 2 is 1.18 bits per heavy atom. The van der Waals surface area contributed by atoms with Crippen molar-refractivity contribution in [3.8, 4) is 0 Å². The van der Waals surface area contributed by atoms with Gasteiger partial charge in [0.25, 0.3) is 0 Å². The number of aromatic amines is 1. The van der Waals surface area contributed by atoms with Gasteiger partial charge < -0.3 is 37.5 Å². The van der Waals surface area contributed by atoms with Gasteiger partial charge in [-0.1, -0.05) is 78.9 Å². The van der Waals surface area contributed by atoms with Crippen molar-refractivity contribution in [1.82, 2.24) is 20.9 Å². The number of aliphatic carboxylic acids is 1. The average Bonchev–Trinajstić information content (AvgIpc) is 3.43. The maximum atomic E-state index is 13.8. The molecule has 0 spiro atoms. The first-order valence-electron chi connectivity index (χ1n) is 14.4. The molecule has 0 radical (unpaired) electrons. The van der Waals surface area contributed by atoms with Crippen molar-refractivity contribution in [3.05, 3.63) is 108 Å². The molecule has 4 aromatic rings. The van der Waals surface area contributed by atoms with Crippen LogP contribution in [0.25, 0.3) is 10.9 Å². The smallest absolute Gasteiger partial charge is 0.326 e. The molecule has 4 amide bonds. The van der Waals surface area contributed by atoms with E-state index in [1.54, 1.807) is 30.5 Å². The minimum absolute atomic E-state index is 0.0238. The molecule has 0 aliphatic heterocycles. The highest BCUT2D eigenvalue weighted by atomic mass is 16.4. The number of para-hydroxylation sites is 1. The van der Waals surface area contributed by atoms with Gasteiger partial charge in [-0.25, -0.2) is 4.79 Å². The van der Waals surface area contributed by atoms with Crippen LogP contribution in [0.3, 0.4) is 0 Å². The molecule has 0 fully saturated rings. The van der Waals surface area contributed by atoms with Gasteiger partial charge in [0, 0.05) is 29.9 Å². The van der Waals surface area contributed by atoms with Crippen LogP contribution in [-0.4, -0.2) is 63.9 Å². The molecular formula is C33H36N6O6. The van der Waals surface area contributed by atoms with Gasteiger partial charge in [-0.2, -0.15) is 0 Å². The molecule has 0 bridgehead atoms. The first kappa shape index (κ1) is 32.4. The summed E-state index contributed by atoms with van der Waals surface area (Å²) in [6.45, 7) is 0. The van der Waals surface area contributed by atoms with Crippen LogP contribution in [0.1, 0.15) is 23.1 Å². The highest BCUT2D eigenvalue weighted by Crippen LogP contribution is 2.19. The highest BCUT2D eigenvalue weighted by Gasteiger charge is 2.31. The fourth-order valence-electron chi connectivity index (χ4n) is 4.97. The van der Waals surface area contributed by atoms with E-state index in [9.17, 15) is 29.1 Å². The summed E-state index contributed by atoms with van der Waals surface area (Å²) < 4.78 is 0. The lowest BCUT2D eigenvalue weighted by atomic mass is 10.0. The third-order valence-electron chi connectivity index (χ3n) is 7.30. The van der Waals surface area contributed by atoms with Crippen molar-refractivity contribution in [1.29, 1.82) is 0 Å². The largest absolute Gasteiger partial charge is 0.480 e. The molecule has 0 aliphatic carbocycles. The van der Waals surface area contributed by atoms with E-state index in [0.717, 1.165) is 22.0 Å². The van der Waals surface area contributed by atoms with Crippen LogP contribution in [-0.2, 0) is 43.2 Å². The molecule has 4 unspecified atom stereocenters. The number of fused-ring (bicyclic) bond motifs is 1. The molecular weight excluding hydrogens is 576 g/mol. The number of H-pyrrole nitrogens is 1. The van der Waals surface area contributed by atoms with Gasteiger partial charge in [0.05, 0.1) is 12.5 Å². The van der Waals surface area contributed by atoms with Crippen molar-refractivity contribution in [3.63, 3.8) is 0 Å². The van der Waals surface area contributed by atoms with Gasteiger partial charge in [0.2, 0.25) is 23.6 Å². The molecule has 0 aliphatic rings. The molecule has 12 nitrogen and oxygen atoms in total. The summed E-state index contributed by atoms with van der Waals surface area (Å²) in [6, 6.07) is 20.6. The topological polar surface area (TPSA) is 209 Å². The first-order valence-corrected chi connectivity index (χ1v) is 14.4. The fraction of sp³-hybridized carbons (Fsp3) is 0.242. The quantitative estimate of drug-likeness (QED) is 0.103. The van der Waals surface area contributed by atoms with Gasteiger partial charge in [-0.15, -0.1) is 0 Å². The number of carbonyl (C=O) groups is 5. The molecule has 4 atom stereocenters. The second-order valence-electron chi connectivity index (χ2n) is 10.7. The molecule has 234 valence electrons. The monoisotopic (exact) mass is 612 g/mol. The van der Waals surface area contributed by atoms with Gasteiger partial charge >= 0.3 is 5.97 Å². The van der Waals surface area contributed by atoms with Crippen molar-refractivity contribution < 1.29 is 29.1 Å². The molecule has 1 aromatic heterocycles. The minimum Gasteiger partial charge on any atom is -0.480 e. The number of benzene rings is 3. The summed E-state index contributed by atoms with van der Waals surface area (Å²) in [5, 5.41) is 18.1. The molecule has 4 rings (SSSR count). The molecule has 1 heterocycles. The van der Waals surface area contributed by atoms with E-state index in [1.807, 2.05) is 60.7 Å². The number of primary amides is 1. The Morgan fingerprint density at radius 1 is 0.667 bits per heavy atom. The normalized spacial score (nSPS) is 13.6. The summed E-state index contributed by atoms with van der Waals surface area (Å²) in [7, 11) is 0. The number of carbonyl (C=O) groups excluding carboxylic acids is 4. The summed E-state index contributed by atoms with van der Waals surface area (Å²) in [5.74, 6) is -4.45. The maximum absolute atomic E-state index is 13.8. The van der Waals surface area contributed by atoms with E-state index < -0.39 is 60.2 Å². The van der Waals surface area contributed by atoms with Crippen LogP contribution in [0.15, 0.2) is 91.1 Å². The SMILES string of the molecule is NC(=O)CC(NC(=O)C(Cc1c[nH]c2ccccc12)NC(=O)C(Cc1ccccc1)NC(=O)C(N)Cc1ccccc1)C(=O)O. The number of hydrogen-bond acceptors (Lipinski definition) is 6. The Kier molecular flexibility index (Phi) is 11.0. The van der Waals surface area contributed by atoms with E-state index in [4.69, 9.17) is 11.5 Å². The first-order chi connectivity index (χ1) is 21.6. The van der Waals surface area contributed by atoms with Crippen LogP contribution in [0, 0.1) is 0 Å². The standard InChI is InChI=1S/C33H36N6O6/c34-24(15-20-9-3-1-4-10-20)30(41)37-26(16-21-11-5-2-6-12-21)31(42)38-27(32(43)39-28(33(44)45)18-29(35)40)17-22-19-36-25-14-8-7-13-23(22)25/h1-14,19,24,26-28,36H,15-18,34H2,(H2,35,40)(H,37,41)(H,38,42)(H,39,43)(H,44,45). The van der Waals surface area contributed by atoms with Crippen LogP contribution >= 0.6 is 0 Å². The van der Waals surface area contributed by atoms with Crippen molar-refractivity contribution in [2.75, 3.05) is 0 Å². The summed E-state index contributed by atoms with van der Waals surface area (Å²) in [5.41, 5.74) is 14.5. The minimum atomic E-state index is -1.60. The van der Waals surface area contributed by atoms with E-state index >= 15 is 0 Å². The molecule has 12 heteroatoms. The molecule has 45 heavy (non-hydrogen) atoms. The zero-order valence-electron chi connectivity index (χ0n) is 24.4. The predicted octanol–water partition coefficient (Wildman–Crippen LogP) is 0.938. The Morgan fingerprint density at radius 3 is 1.78 bits per heavy atom. The molecule has 0 saturated carbocycles. The van der Waals surface area contributed by atoms with Gasteiger partial charge in [-0.3, -0.25) is 19.2 Å². The third kappa shape index (κ3) is 9.25. The summed E-state index contributed by atoms with van der Waals surface area (Å²) >= 11 is 0. The number of aromatic nitrogens is 1. The van der Waals surface area contributed by atoms with Crippen molar-refractivity contribution in [2.24, 2.45) is 11.5 Å². The highest BCUT2D eigenvalue weighted by molar-refractivity contribution is 5.95. The zero-order chi connectivity index (χ0) is 32.3. The number of carboxylic acids is 1. The second kappa shape index (κ2) is 15.3. The Balaban J connectivity index is 1.59. The van der Waals surface area contributed by atoms with E-state index in [2.05, 4.69) is 20.9 Å². The fourth-order valence-corrected chi connectivity index (χ4v) is 4.97.